The lowest BCUT2D eigenvalue weighted by Crippen LogP contribution is -3.14. The maximum absolute atomic E-state index is 10.6. The summed E-state index contributed by atoms with van der Waals surface area (Å²) in [6.07, 6.45) is 3.57. The zero-order valence-corrected chi connectivity index (χ0v) is 13.6. The summed E-state index contributed by atoms with van der Waals surface area (Å²) in [6, 6.07) is 6.29. The molecule has 0 spiro atoms. The molecule has 1 aromatic carbocycles. The first-order chi connectivity index (χ1) is 10.5. The van der Waals surface area contributed by atoms with E-state index in [9.17, 15) is 10.1 Å². The van der Waals surface area contributed by atoms with Crippen molar-refractivity contribution in [1.29, 1.82) is 0 Å². The second-order valence-electron chi connectivity index (χ2n) is 6.66. The summed E-state index contributed by atoms with van der Waals surface area (Å²) in [5.41, 5.74) is 0.101. The number of benzene rings is 1. The van der Waals surface area contributed by atoms with Crippen molar-refractivity contribution in [2.45, 2.75) is 33.1 Å². The Morgan fingerprint density at radius 1 is 1.18 bits per heavy atom. The Labute approximate surface area is 132 Å². The van der Waals surface area contributed by atoms with Crippen molar-refractivity contribution in [2.75, 3.05) is 26.2 Å². The molecule has 5 nitrogen and oxygen atoms in total. The average molecular weight is 307 g/mol. The van der Waals surface area contributed by atoms with Crippen LogP contribution in [0, 0.1) is 22.0 Å². The first kappa shape index (κ1) is 16.7. The number of nitro groups is 1. The Kier molecular flexibility index (Phi) is 6.19. The van der Waals surface area contributed by atoms with Crippen LogP contribution in [0.3, 0.4) is 0 Å². The van der Waals surface area contributed by atoms with Gasteiger partial charge in [-0.1, -0.05) is 13.8 Å². The van der Waals surface area contributed by atoms with E-state index in [2.05, 4.69) is 13.8 Å². The van der Waals surface area contributed by atoms with E-state index < -0.39 is 4.92 Å². The van der Waals surface area contributed by atoms with Gasteiger partial charge in [0.25, 0.3) is 5.69 Å². The molecule has 5 heteroatoms. The van der Waals surface area contributed by atoms with Crippen molar-refractivity contribution >= 4 is 5.69 Å². The fourth-order valence-corrected chi connectivity index (χ4v) is 3.46. The number of nitro benzene ring substituents is 1. The molecular weight excluding hydrogens is 280 g/mol. The smallest absolute Gasteiger partial charge is 0.269 e. The third-order valence-electron chi connectivity index (χ3n) is 4.32. The van der Waals surface area contributed by atoms with E-state index in [1.54, 1.807) is 17.0 Å². The van der Waals surface area contributed by atoms with Gasteiger partial charge in [0.2, 0.25) is 0 Å². The molecule has 1 aliphatic rings. The highest BCUT2D eigenvalue weighted by molar-refractivity contribution is 5.35. The van der Waals surface area contributed by atoms with Crippen LogP contribution in [0.4, 0.5) is 5.69 Å². The van der Waals surface area contributed by atoms with Crippen molar-refractivity contribution in [3.63, 3.8) is 0 Å². The zero-order chi connectivity index (χ0) is 15.9. The number of quaternary nitrogens is 1. The third kappa shape index (κ3) is 5.30. The first-order valence-corrected chi connectivity index (χ1v) is 8.25. The van der Waals surface area contributed by atoms with Gasteiger partial charge in [0.1, 0.15) is 5.75 Å². The molecule has 0 radical (unpaired) electrons. The normalized spacial score (nSPS) is 24.9. The van der Waals surface area contributed by atoms with Crippen LogP contribution in [0.5, 0.6) is 5.75 Å². The van der Waals surface area contributed by atoms with Gasteiger partial charge in [0.15, 0.2) is 0 Å². The Balaban J connectivity index is 1.62. The quantitative estimate of drug-likeness (QED) is 0.478. The van der Waals surface area contributed by atoms with Gasteiger partial charge in [-0.2, -0.15) is 0 Å². The van der Waals surface area contributed by atoms with E-state index in [-0.39, 0.29) is 5.69 Å². The summed E-state index contributed by atoms with van der Waals surface area (Å²) >= 11 is 0. The van der Waals surface area contributed by atoms with Crippen molar-refractivity contribution in [1.82, 2.24) is 0 Å². The molecule has 0 aliphatic carbocycles. The highest BCUT2D eigenvalue weighted by Gasteiger charge is 2.24. The second-order valence-corrected chi connectivity index (χ2v) is 6.66. The SMILES string of the molecule is C[C@@H]1C[C@@H](C)C[NH+](CCCCOc2ccc([N+](=O)[O-])cc2)C1. The van der Waals surface area contributed by atoms with Gasteiger partial charge in [0, 0.05) is 24.0 Å². The Morgan fingerprint density at radius 2 is 1.82 bits per heavy atom. The molecule has 0 saturated carbocycles. The molecule has 2 atom stereocenters. The van der Waals surface area contributed by atoms with Crippen molar-refractivity contribution in [3.8, 4) is 5.75 Å². The van der Waals surface area contributed by atoms with Gasteiger partial charge in [-0.3, -0.25) is 10.1 Å². The minimum atomic E-state index is -0.396. The van der Waals surface area contributed by atoms with Crippen LogP contribution in [-0.2, 0) is 0 Å². The third-order valence-corrected chi connectivity index (χ3v) is 4.32. The molecule has 22 heavy (non-hydrogen) atoms. The number of nitrogens with zero attached hydrogens (tertiary/aromatic N) is 1. The average Bonchev–Trinajstić information content (AvgIpc) is 2.46. The zero-order valence-electron chi connectivity index (χ0n) is 13.6. The van der Waals surface area contributed by atoms with Crippen LogP contribution in [0.2, 0.25) is 0 Å². The first-order valence-electron chi connectivity index (χ1n) is 8.25. The summed E-state index contributed by atoms with van der Waals surface area (Å²) in [5.74, 6) is 2.39. The number of hydrogen-bond acceptors (Lipinski definition) is 3. The fraction of sp³-hybridized carbons (Fsp3) is 0.647. The summed E-state index contributed by atoms with van der Waals surface area (Å²) in [4.78, 5) is 11.9. The van der Waals surface area contributed by atoms with Crippen molar-refractivity contribution in [2.24, 2.45) is 11.8 Å². The van der Waals surface area contributed by atoms with Gasteiger partial charge in [-0.25, -0.2) is 0 Å². The van der Waals surface area contributed by atoms with Gasteiger partial charge in [0.05, 0.1) is 31.2 Å². The lowest BCUT2D eigenvalue weighted by atomic mass is 9.92. The van der Waals surface area contributed by atoms with E-state index in [1.807, 2.05) is 0 Å². The maximum atomic E-state index is 10.6. The molecule has 122 valence electrons. The predicted molar refractivity (Wildman–Crippen MR) is 86.3 cm³/mol. The molecule has 0 bridgehead atoms. The molecule has 1 fully saturated rings. The Bertz CT molecular complexity index is 465. The number of rotatable bonds is 7. The number of nitrogens with one attached hydrogen (secondary N) is 1. The van der Waals surface area contributed by atoms with Crippen LogP contribution in [0.25, 0.3) is 0 Å². The Morgan fingerprint density at radius 3 is 2.41 bits per heavy atom. The van der Waals surface area contributed by atoms with E-state index >= 15 is 0 Å². The molecule has 1 aromatic rings. The Hall–Kier alpha value is -1.62. The fourth-order valence-electron chi connectivity index (χ4n) is 3.46. The van der Waals surface area contributed by atoms with Crippen molar-refractivity contribution in [3.05, 3.63) is 34.4 Å². The largest absolute Gasteiger partial charge is 0.494 e. The molecule has 1 N–H and O–H groups in total. The van der Waals surface area contributed by atoms with E-state index in [1.165, 1.54) is 44.6 Å². The molecule has 0 amide bonds. The molecular formula is C17H27N2O3+. The predicted octanol–water partition coefficient (Wildman–Crippen LogP) is 2.31. The lowest BCUT2D eigenvalue weighted by molar-refractivity contribution is -0.912. The molecule has 0 unspecified atom stereocenters. The molecule has 2 rings (SSSR count). The van der Waals surface area contributed by atoms with Gasteiger partial charge in [-0.15, -0.1) is 0 Å². The molecule has 1 aliphatic heterocycles. The molecule has 1 heterocycles. The van der Waals surface area contributed by atoms with Gasteiger partial charge in [-0.05, 0) is 31.4 Å². The highest BCUT2D eigenvalue weighted by atomic mass is 16.6. The lowest BCUT2D eigenvalue weighted by Gasteiger charge is -2.32. The summed E-state index contributed by atoms with van der Waals surface area (Å²) in [6.45, 7) is 9.20. The van der Waals surface area contributed by atoms with Crippen LogP contribution in [0.15, 0.2) is 24.3 Å². The van der Waals surface area contributed by atoms with Crippen molar-refractivity contribution < 1.29 is 14.6 Å². The minimum Gasteiger partial charge on any atom is -0.494 e. The number of likely N-dealkylation sites (tertiary alicyclic amines) is 1. The number of non-ortho nitro benzene ring substituents is 1. The van der Waals surface area contributed by atoms with E-state index in [4.69, 9.17) is 4.74 Å². The van der Waals surface area contributed by atoms with Gasteiger partial charge < -0.3 is 9.64 Å². The van der Waals surface area contributed by atoms with Crippen LogP contribution in [-0.4, -0.2) is 31.2 Å². The highest BCUT2D eigenvalue weighted by Crippen LogP contribution is 2.17. The van der Waals surface area contributed by atoms with Crippen LogP contribution < -0.4 is 9.64 Å². The number of ether oxygens (including phenoxy) is 1. The van der Waals surface area contributed by atoms with Gasteiger partial charge >= 0.3 is 0 Å². The van der Waals surface area contributed by atoms with E-state index in [0.29, 0.717) is 12.4 Å². The molecule has 0 aromatic heterocycles. The summed E-state index contributed by atoms with van der Waals surface area (Å²) < 4.78 is 5.64. The standard InChI is InChI=1S/C17H26N2O3/c1-14-11-15(2)13-18(12-14)9-3-4-10-22-17-7-5-16(6-8-17)19(20)21/h5-8,14-15H,3-4,9-13H2,1-2H3/p+1/t14-,15-/m1/s1. The van der Waals surface area contributed by atoms with Crippen LogP contribution in [0.1, 0.15) is 33.1 Å². The molecule has 1 saturated heterocycles. The topological polar surface area (TPSA) is 56.8 Å². The summed E-state index contributed by atoms with van der Waals surface area (Å²) in [5, 5.41) is 10.6. The number of piperidine rings is 1. The summed E-state index contributed by atoms with van der Waals surface area (Å²) in [7, 11) is 0. The minimum absolute atomic E-state index is 0.101. The van der Waals surface area contributed by atoms with Crippen LogP contribution >= 0.6 is 0 Å². The number of unbranched alkanes of at least 4 members (excludes halogenated alkanes) is 1. The van der Waals surface area contributed by atoms with E-state index in [0.717, 1.165) is 18.3 Å². The second kappa shape index (κ2) is 8.13. The number of hydrogen-bond donors (Lipinski definition) is 1. The maximum Gasteiger partial charge on any atom is 0.269 e. The monoisotopic (exact) mass is 307 g/mol.